The van der Waals surface area contributed by atoms with Crippen LogP contribution >= 0.6 is 12.2 Å². The van der Waals surface area contributed by atoms with Gasteiger partial charge < -0.3 is 5.73 Å². The molecule has 0 amide bonds. The average molecular weight is 196 g/mol. The van der Waals surface area contributed by atoms with E-state index in [9.17, 15) is 8.42 Å². The van der Waals surface area contributed by atoms with Gasteiger partial charge >= 0.3 is 0 Å². The molecule has 11 heavy (non-hydrogen) atoms. The van der Waals surface area contributed by atoms with Crippen LogP contribution in [-0.2, 0) is 10.0 Å². The highest BCUT2D eigenvalue weighted by molar-refractivity contribution is 7.90. The Bertz CT molecular complexity index is 233. The number of nitrogens with two attached hydrogens (primary N) is 1. The molecule has 0 unspecified atom stereocenters. The molecule has 3 N–H and O–H groups in total. The van der Waals surface area contributed by atoms with E-state index in [-0.39, 0.29) is 11.5 Å². The number of rotatable bonds is 4. The fourth-order valence-electron chi connectivity index (χ4n) is 0.338. The molecule has 0 saturated carbocycles. The van der Waals surface area contributed by atoms with Crippen LogP contribution in [0.2, 0.25) is 0 Å². The second-order valence-electron chi connectivity index (χ2n) is 2.38. The fourth-order valence-corrected chi connectivity index (χ4v) is 1.19. The van der Waals surface area contributed by atoms with Gasteiger partial charge in [-0.1, -0.05) is 12.2 Å². The van der Waals surface area contributed by atoms with Crippen LogP contribution in [0.5, 0.6) is 0 Å². The molecule has 0 aromatic heterocycles. The number of sulfonamides is 1. The first-order valence-electron chi connectivity index (χ1n) is 3.13. The number of hydrogen-bond acceptors (Lipinski definition) is 3. The first-order chi connectivity index (χ1) is 4.86. The van der Waals surface area contributed by atoms with E-state index < -0.39 is 15.3 Å². The van der Waals surface area contributed by atoms with Crippen LogP contribution in [0.25, 0.3) is 0 Å². The maximum atomic E-state index is 11.0. The molecule has 0 atom stereocenters. The maximum absolute atomic E-state index is 11.0. The molecule has 0 fully saturated rings. The highest BCUT2D eigenvalue weighted by Crippen LogP contribution is 1.94. The van der Waals surface area contributed by atoms with Gasteiger partial charge in [-0.15, -0.1) is 0 Å². The van der Waals surface area contributed by atoms with Crippen LogP contribution in [0.15, 0.2) is 0 Å². The van der Waals surface area contributed by atoms with Crippen molar-refractivity contribution in [1.29, 1.82) is 0 Å². The van der Waals surface area contributed by atoms with E-state index in [1.54, 1.807) is 13.8 Å². The van der Waals surface area contributed by atoms with E-state index in [1.807, 2.05) is 0 Å². The summed E-state index contributed by atoms with van der Waals surface area (Å²) in [6.07, 6.45) is 0. The van der Waals surface area contributed by atoms with Crippen molar-refractivity contribution in [3.8, 4) is 0 Å². The summed E-state index contributed by atoms with van der Waals surface area (Å²) in [5.41, 5.74) is 5.10. The van der Waals surface area contributed by atoms with Crippen molar-refractivity contribution in [2.75, 3.05) is 6.54 Å². The van der Waals surface area contributed by atoms with Gasteiger partial charge in [-0.2, -0.15) is 0 Å². The predicted octanol–water partition coefficient (Wildman–Crippen LogP) is -0.400. The van der Waals surface area contributed by atoms with E-state index >= 15 is 0 Å². The third-order valence-corrected chi connectivity index (χ3v) is 3.00. The zero-order valence-electron chi connectivity index (χ0n) is 6.49. The summed E-state index contributed by atoms with van der Waals surface area (Å²) >= 11 is 4.50. The molecule has 0 aromatic rings. The maximum Gasteiger partial charge on any atom is 0.214 e. The van der Waals surface area contributed by atoms with Gasteiger partial charge in [0.05, 0.1) is 16.8 Å². The molecule has 0 aliphatic rings. The van der Waals surface area contributed by atoms with Crippen molar-refractivity contribution in [3.63, 3.8) is 0 Å². The molecule has 0 heterocycles. The molecular formula is C5H12N2O2S2. The molecule has 0 saturated heterocycles. The van der Waals surface area contributed by atoms with Crippen molar-refractivity contribution < 1.29 is 8.42 Å². The van der Waals surface area contributed by atoms with Crippen LogP contribution in [0.1, 0.15) is 13.8 Å². The molecule has 0 radical (unpaired) electrons. The van der Waals surface area contributed by atoms with Crippen LogP contribution in [0.4, 0.5) is 0 Å². The Morgan fingerprint density at radius 2 is 2.09 bits per heavy atom. The monoisotopic (exact) mass is 196 g/mol. The standard InChI is InChI=1S/C5H12N2O2S2/c1-4(2)11(8,9)7-3-5(6)10/h4,7H,3H2,1-2H3,(H2,6,10). The van der Waals surface area contributed by atoms with Crippen LogP contribution in [-0.4, -0.2) is 25.2 Å². The van der Waals surface area contributed by atoms with E-state index in [2.05, 4.69) is 16.9 Å². The molecule has 4 nitrogen and oxygen atoms in total. The van der Waals surface area contributed by atoms with Gasteiger partial charge in [0, 0.05) is 0 Å². The summed E-state index contributed by atoms with van der Waals surface area (Å²) in [4.78, 5) is 0.147. The van der Waals surface area contributed by atoms with Crippen molar-refractivity contribution >= 4 is 27.2 Å². The molecule has 0 spiro atoms. The molecule has 0 rings (SSSR count). The average Bonchev–Trinajstić information content (AvgIpc) is 1.84. The van der Waals surface area contributed by atoms with Crippen LogP contribution in [0.3, 0.4) is 0 Å². The highest BCUT2D eigenvalue weighted by Gasteiger charge is 2.14. The second kappa shape index (κ2) is 3.99. The first kappa shape index (κ1) is 10.8. The Morgan fingerprint density at radius 3 is 2.36 bits per heavy atom. The van der Waals surface area contributed by atoms with E-state index in [4.69, 9.17) is 5.73 Å². The fraction of sp³-hybridized carbons (Fsp3) is 0.800. The van der Waals surface area contributed by atoms with Gasteiger partial charge in [-0.05, 0) is 13.8 Å². The molecule has 66 valence electrons. The van der Waals surface area contributed by atoms with E-state index in [1.165, 1.54) is 0 Å². The summed E-state index contributed by atoms with van der Waals surface area (Å²) in [6, 6.07) is 0. The predicted molar refractivity (Wildman–Crippen MR) is 48.8 cm³/mol. The quantitative estimate of drug-likeness (QED) is 0.600. The van der Waals surface area contributed by atoms with Crippen LogP contribution < -0.4 is 10.5 Å². The molecular weight excluding hydrogens is 184 g/mol. The van der Waals surface area contributed by atoms with Gasteiger partial charge in [-0.25, -0.2) is 13.1 Å². The Kier molecular flexibility index (Phi) is 3.91. The minimum Gasteiger partial charge on any atom is -0.392 e. The largest absolute Gasteiger partial charge is 0.392 e. The first-order valence-corrected chi connectivity index (χ1v) is 5.08. The summed E-state index contributed by atoms with van der Waals surface area (Å²) in [7, 11) is -3.21. The number of hydrogen-bond donors (Lipinski definition) is 2. The lowest BCUT2D eigenvalue weighted by Crippen LogP contribution is -2.36. The number of thiocarbonyl (C=S) groups is 1. The molecule has 6 heteroatoms. The minimum atomic E-state index is -3.21. The number of nitrogens with one attached hydrogen (secondary N) is 1. The van der Waals surface area contributed by atoms with E-state index in [0.717, 1.165) is 0 Å². The summed E-state index contributed by atoms with van der Waals surface area (Å²) < 4.78 is 24.3. The normalized spacial score (nSPS) is 11.9. The Balaban J connectivity index is 4.05. The molecule has 0 aromatic carbocycles. The third-order valence-electron chi connectivity index (χ3n) is 1.07. The summed E-state index contributed by atoms with van der Waals surface area (Å²) in [6.45, 7) is 3.21. The lowest BCUT2D eigenvalue weighted by Gasteiger charge is -2.07. The topological polar surface area (TPSA) is 72.2 Å². The Labute approximate surface area is 72.2 Å². The SMILES string of the molecule is CC(C)S(=O)(=O)NCC(N)=S. The Hall–Kier alpha value is -0.200. The second-order valence-corrected chi connectivity index (χ2v) is 5.23. The Morgan fingerprint density at radius 1 is 1.64 bits per heavy atom. The molecule has 0 aliphatic heterocycles. The van der Waals surface area contributed by atoms with Gasteiger partial charge in [-0.3, -0.25) is 0 Å². The van der Waals surface area contributed by atoms with Crippen molar-refractivity contribution in [3.05, 3.63) is 0 Å². The van der Waals surface area contributed by atoms with Crippen molar-refractivity contribution in [1.82, 2.24) is 4.72 Å². The third kappa shape index (κ3) is 4.28. The van der Waals surface area contributed by atoms with Crippen molar-refractivity contribution in [2.45, 2.75) is 19.1 Å². The molecule has 0 aliphatic carbocycles. The summed E-state index contributed by atoms with van der Waals surface area (Å²) in [5.74, 6) is 0. The zero-order chi connectivity index (χ0) is 9.07. The highest BCUT2D eigenvalue weighted by atomic mass is 32.2. The minimum absolute atomic E-state index is 0.0375. The van der Waals surface area contributed by atoms with E-state index in [0.29, 0.717) is 0 Å². The van der Waals surface area contributed by atoms with Gasteiger partial charge in [0.25, 0.3) is 0 Å². The van der Waals surface area contributed by atoms with Crippen molar-refractivity contribution in [2.24, 2.45) is 5.73 Å². The van der Waals surface area contributed by atoms with Gasteiger partial charge in [0.15, 0.2) is 0 Å². The lowest BCUT2D eigenvalue weighted by atomic mass is 10.6. The van der Waals surface area contributed by atoms with Gasteiger partial charge in [0.2, 0.25) is 10.0 Å². The molecule has 0 bridgehead atoms. The van der Waals surface area contributed by atoms with Gasteiger partial charge in [0.1, 0.15) is 0 Å². The summed E-state index contributed by atoms with van der Waals surface area (Å²) in [5, 5.41) is -0.447. The van der Waals surface area contributed by atoms with Crippen LogP contribution in [0, 0.1) is 0 Å². The lowest BCUT2D eigenvalue weighted by molar-refractivity contribution is 0.577. The zero-order valence-corrected chi connectivity index (χ0v) is 8.13. The smallest absolute Gasteiger partial charge is 0.214 e.